The third-order valence-electron chi connectivity index (χ3n) is 3.73. The molecule has 0 saturated carbocycles. The van der Waals surface area contributed by atoms with E-state index in [1.165, 1.54) is 12.1 Å². The van der Waals surface area contributed by atoms with E-state index in [4.69, 9.17) is 11.6 Å². The van der Waals surface area contributed by atoms with Gasteiger partial charge in [0.05, 0.1) is 4.92 Å². The van der Waals surface area contributed by atoms with E-state index in [1.807, 2.05) is 0 Å². The lowest BCUT2D eigenvalue weighted by Gasteiger charge is -2.10. The van der Waals surface area contributed by atoms with E-state index in [1.54, 1.807) is 24.3 Å². The van der Waals surface area contributed by atoms with Crippen LogP contribution in [-0.4, -0.2) is 21.0 Å². The Kier molecular flexibility index (Phi) is 6.29. The number of nitro groups is 1. The zero-order chi connectivity index (χ0) is 21.0. The average Bonchev–Trinajstić information content (AvgIpc) is 3.16. The van der Waals surface area contributed by atoms with Crippen molar-refractivity contribution < 1.29 is 18.5 Å². The van der Waals surface area contributed by atoms with E-state index in [2.05, 4.69) is 20.8 Å². The van der Waals surface area contributed by atoms with Crippen molar-refractivity contribution in [3.63, 3.8) is 0 Å². The number of amides is 1. The summed E-state index contributed by atoms with van der Waals surface area (Å²) in [6.07, 6.45) is -2.80. The van der Waals surface area contributed by atoms with Gasteiger partial charge < -0.3 is 5.32 Å². The number of carbonyl (C=O) groups is 1. The van der Waals surface area contributed by atoms with Gasteiger partial charge in [-0.1, -0.05) is 41.1 Å². The maximum absolute atomic E-state index is 12.6. The van der Waals surface area contributed by atoms with Crippen LogP contribution >= 0.6 is 22.9 Å². The van der Waals surface area contributed by atoms with Crippen LogP contribution in [0.3, 0.4) is 0 Å². The fourth-order valence-electron chi connectivity index (χ4n) is 2.35. The summed E-state index contributed by atoms with van der Waals surface area (Å²) in [6.45, 7) is 0.243. The first kappa shape index (κ1) is 20.6. The minimum absolute atomic E-state index is 0.0335. The highest BCUT2D eigenvalue weighted by atomic mass is 35.5. The molecule has 3 rings (SSSR count). The molecule has 1 heterocycles. The van der Waals surface area contributed by atoms with Crippen LogP contribution in [0.1, 0.15) is 27.4 Å². The number of rotatable bonds is 7. The molecule has 0 fully saturated rings. The van der Waals surface area contributed by atoms with E-state index < -0.39 is 22.3 Å². The zero-order valence-electron chi connectivity index (χ0n) is 14.4. The standard InChI is InChI=1S/C17H12ClF2N5O3S/c18-11-4-2-1-3-10(11)8-21-12-6-5-9(7-13(12)25(27)28)15(26)22-17-24-23-16(29-17)14(19)20/h1-7,14,21H,8H2,(H,22,24,26). The molecule has 0 aliphatic rings. The normalized spacial score (nSPS) is 10.8. The summed E-state index contributed by atoms with van der Waals surface area (Å²) in [5.41, 5.74) is 0.586. The highest BCUT2D eigenvalue weighted by molar-refractivity contribution is 7.15. The lowest BCUT2D eigenvalue weighted by atomic mass is 10.1. The smallest absolute Gasteiger partial charge is 0.293 e. The van der Waals surface area contributed by atoms with Crippen LogP contribution in [0.5, 0.6) is 0 Å². The van der Waals surface area contributed by atoms with Crippen LogP contribution in [0.2, 0.25) is 5.02 Å². The summed E-state index contributed by atoms with van der Waals surface area (Å²) >= 11 is 6.60. The van der Waals surface area contributed by atoms with Crippen LogP contribution in [0.25, 0.3) is 0 Å². The predicted octanol–water partition coefficient (Wildman–Crippen LogP) is 4.90. The molecule has 0 aliphatic heterocycles. The van der Waals surface area contributed by atoms with Gasteiger partial charge in [-0.25, -0.2) is 8.78 Å². The number of benzene rings is 2. The molecule has 0 bridgehead atoms. The summed E-state index contributed by atoms with van der Waals surface area (Å²) in [7, 11) is 0. The van der Waals surface area contributed by atoms with Crippen molar-refractivity contribution in [1.82, 2.24) is 10.2 Å². The van der Waals surface area contributed by atoms with Gasteiger partial charge in [-0.3, -0.25) is 20.2 Å². The van der Waals surface area contributed by atoms with Crippen LogP contribution in [0.4, 0.5) is 25.3 Å². The topological polar surface area (TPSA) is 110 Å². The molecule has 1 aromatic heterocycles. The second-order valence-electron chi connectivity index (χ2n) is 5.63. The molecule has 0 saturated heterocycles. The molecule has 12 heteroatoms. The number of hydrogen-bond donors (Lipinski definition) is 2. The van der Waals surface area contributed by atoms with E-state index in [0.717, 1.165) is 11.6 Å². The van der Waals surface area contributed by atoms with E-state index in [-0.39, 0.29) is 28.6 Å². The molecular formula is C17H12ClF2N5O3S. The molecule has 1 amide bonds. The lowest BCUT2D eigenvalue weighted by Crippen LogP contribution is -2.12. The number of nitro benzene ring substituents is 1. The van der Waals surface area contributed by atoms with Gasteiger partial charge in [0, 0.05) is 23.2 Å². The largest absolute Gasteiger partial charge is 0.375 e. The van der Waals surface area contributed by atoms with Crippen molar-refractivity contribution in [3.05, 3.63) is 73.7 Å². The van der Waals surface area contributed by atoms with Gasteiger partial charge in [0.2, 0.25) is 5.13 Å². The van der Waals surface area contributed by atoms with Crippen LogP contribution in [0.15, 0.2) is 42.5 Å². The number of nitrogens with one attached hydrogen (secondary N) is 2. The number of alkyl halides is 2. The SMILES string of the molecule is O=C(Nc1nnc(C(F)F)s1)c1ccc(NCc2ccccc2Cl)c([N+](=O)[O-])c1. The van der Waals surface area contributed by atoms with Gasteiger partial charge in [0.1, 0.15) is 5.69 Å². The highest BCUT2D eigenvalue weighted by Gasteiger charge is 2.20. The molecule has 0 unspecified atom stereocenters. The molecule has 3 aromatic rings. The minimum atomic E-state index is -2.80. The number of carbonyl (C=O) groups excluding carboxylic acids is 1. The van der Waals surface area contributed by atoms with Crippen molar-refractivity contribution in [3.8, 4) is 0 Å². The van der Waals surface area contributed by atoms with Crippen molar-refractivity contribution in [2.24, 2.45) is 0 Å². The van der Waals surface area contributed by atoms with Gasteiger partial charge in [-0.15, -0.1) is 10.2 Å². The third-order valence-corrected chi connectivity index (χ3v) is 4.95. The van der Waals surface area contributed by atoms with Crippen LogP contribution in [0, 0.1) is 10.1 Å². The Balaban J connectivity index is 1.77. The molecule has 29 heavy (non-hydrogen) atoms. The van der Waals surface area contributed by atoms with Crippen molar-refractivity contribution in [2.75, 3.05) is 10.6 Å². The molecule has 150 valence electrons. The first-order valence-electron chi connectivity index (χ1n) is 8.03. The number of halogens is 3. The van der Waals surface area contributed by atoms with Gasteiger partial charge in [0.15, 0.2) is 5.01 Å². The van der Waals surface area contributed by atoms with Gasteiger partial charge in [-0.05, 0) is 23.8 Å². The number of nitrogens with zero attached hydrogens (tertiary/aromatic N) is 3. The number of aromatic nitrogens is 2. The first-order valence-corrected chi connectivity index (χ1v) is 9.23. The van der Waals surface area contributed by atoms with Crippen LogP contribution < -0.4 is 10.6 Å². The average molecular weight is 440 g/mol. The predicted molar refractivity (Wildman–Crippen MR) is 105 cm³/mol. The Bertz CT molecular complexity index is 1060. The Labute approximate surface area is 171 Å². The highest BCUT2D eigenvalue weighted by Crippen LogP contribution is 2.29. The van der Waals surface area contributed by atoms with E-state index in [0.29, 0.717) is 16.4 Å². The van der Waals surface area contributed by atoms with Crippen LogP contribution in [-0.2, 0) is 6.54 Å². The first-order chi connectivity index (χ1) is 13.8. The Morgan fingerprint density at radius 2 is 2.00 bits per heavy atom. The summed E-state index contributed by atoms with van der Waals surface area (Å²) in [5.74, 6) is -0.734. The maximum atomic E-state index is 12.6. The monoisotopic (exact) mass is 439 g/mol. The molecular weight excluding hydrogens is 428 g/mol. The van der Waals surface area contributed by atoms with Crippen molar-refractivity contribution >= 4 is 45.4 Å². The second-order valence-corrected chi connectivity index (χ2v) is 7.05. The summed E-state index contributed by atoms with van der Waals surface area (Å²) in [6, 6.07) is 10.9. The maximum Gasteiger partial charge on any atom is 0.293 e. The van der Waals surface area contributed by atoms with Gasteiger partial charge in [0.25, 0.3) is 18.0 Å². The quantitative estimate of drug-likeness (QED) is 0.400. The minimum Gasteiger partial charge on any atom is -0.375 e. The zero-order valence-corrected chi connectivity index (χ0v) is 16.0. The summed E-state index contributed by atoms with van der Waals surface area (Å²) in [4.78, 5) is 23.1. The van der Waals surface area contributed by atoms with Crippen molar-refractivity contribution in [1.29, 1.82) is 0 Å². The Morgan fingerprint density at radius 1 is 1.24 bits per heavy atom. The van der Waals surface area contributed by atoms with Crippen molar-refractivity contribution in [2.45, 2.75) is 13.0 Å². The number of anilines is 2. The molecule has 0 aliphatic carbocycles. The van der Waals surface area contributed by atoms with E-state index >= 15 is 0 Å². The molecule has 8 nitrogen and oxygen atoms in total. The lowest BCUT2D eigenvalue weighted by molar-refractivity contribution is -0.384. The Hall–Kier alpha value is -3.18. The fraction of sp³-hybridized carbons (Fsp3) is 0.118. The third kappa shape index (κ3) is 5.00. The molecule has 0 spiro atoms. The van der Waals surface area contributed by atoms with E-state index in [9.17, 15) is 23.7 Å². The molecule has 2 aromatic carbocycles. The Morgan fingerprint density at radius 3 is 2.66 bits per heavy atom. The van der Waals surface area contributed by atoms with Gasteiger partial charge >= 0.3 is 0 Å². The molecule has 0 atom stereocenters. The molecule has 0 radical (unpaired) electrons. The second kappa shape index (κ2) is 8.88. The summed E-state index contributed by atoms with van der Waals surface area (Å²) in [5, 5.41) is 23.2. The number of hydrogen-bond acceptors (Lipinski definition) is 7. The summed E-state index contributed by atoms with van der Waals surface area (Å²) < 4.78 is 25.1. The molecule has 2 N–H and O–H groups in total. The fourth-order valence-corrected chi connectivity index (χ4v) is 3.14. The van der Waals surface area contributed by atoms with Gasteiger partial charge in [-0.2, -0.15) is 0 Å².